The number of nitrogens with two attached hydrogens (primary N) is 1. The highest BCUT2D eigenvalue weighted by Crippen LogP contribution is 2.34. The Hall–Kier alpha value is -2.25. The molecule has 1 aliphatic rings. The summed E-state index contributed by atoms with van der Waals surface area (Å²) in [6, 6.07) is 3.08. The van der Waals surface area contributed by atoms with Crippen LogP contribution in [0, 0.1) is 29.7 Å². The summed E-state index contributed by atoms with van der Waals surface area (Å²) in [5.74, 6) is -2.91. The first-order valence-corrected chi connectivity index (χ1v) is 9.62. The molecule has 28 heavy (non-hydrogen) atoms. The van der Waals surface area contributed by atoms with Gasteiger partial charge in [-0.1, -0.05) is 30.9 Å². The van der Waals surface area contributed by atoms with Gasteiger partial charge in [0.1, 0.15) is 0 Å². The molecule has 8 heteroatoms. The van der Waals surface area contributed by atoms with E-state index in [1.54, 1.807) is 0 Å². The van der Waals surface area contributed by atoms with Crippen molar-refractivity contribution in [1.82, 2.24) is 0 Å². The summed E-state index contributed by atoms with van der Waals surface area (Å²) in [6.07, 6.45) is 6.05. The molecule has 3 rings (SSSR count). The van der Waals surface area contributed by atoms with Crippen LogP contribution in [0.3, 0.4) is 0 Å². The third-order valence-corrected chi connectivity index (χ3v) is 5.67. The average molecular weight is 410 g/mol. The van der Waals surface area contributed by atoms with Crippen molar-refractivity contribution < 1.29 is 18.3 Å². The number of nitrogens with one attached hydrogen (secondary N) is 1. The maximum Gasteiger partial charge on any atom is 0.241 e. The van der Waals surface area contributed by atoms with Gasteiger partial charge in [-0.05, 0) is 30.9 Å². The molecule has 5 nitrogen and oxygen atoms in total. The van der Waals surface area contributed by atoms with Gasteiger partial charge in [-0.15, -0.1) is 0 Å². The van der Waals surface area contributed by atoms with Crippen molar-refractivity contribution in [2.75, 3.05) is 5.32 Å². The van der Waals surface area contributed by atoms with E-state index in [9.17, 15) is 18.8 Å². The fourth-order valence-electron chi connectivity index (χ4n) is 3.70. The monoisotopic (exact) mass is 409 g/mol. The molecule has 1 heterocycles. The first-order valence-electron chi connectivity index (χ1n) is 9.24. The maximum atomic E-state index is 14.7. The second-order valence-corrected chi connectivity index (χ2v) is 7.56. The molecule has 0 bridgehead atoms. The minimum atomic E-state index is -1.22. The summed E-state index contributed by atoms with van der Waals surface area (Å²) in [5.41, 5.74) is 5.82. The Morgan fingerprint density at radius 3 is 2.61 bits per heavy atom. The predicted octanol–water partition coefficient (Wildman–Crippen LogP) is 4.07. The molecule has 0 unspecified atom stereocenters. The number of aromatic nitrogens is 1. The summed E-state index contributed by atoms with van der Waals surface area (Å²) in [4.78, 5) is 12.4. The van der Waals surface area contributed by atoms with Gasteiger partial charge in [-0.3, -0.25) is 4.79 Å². The van der Waals surface area contributed by atoms with Gasteiger partial charge in [0.25, 0.3) is 0 Å². The minimum absolute atomic E-state index is 0.0409. The lowest BCUT2D eigenvalue weighted by Crippen LogP contribution is -2.42. The van der Waals surface area contributed by atoms with Gasteiger partial charge in [0.15, 0.2) is 23.5 Å². The zero-order chi connectivity index (χ0) is 20.4. The molecule has 1 atom stereocenters. The number of carbonyl (C=O) groups excluding carboxylic acids is 1. The average Bonchev–Trinajstić information content (AvgIpc) is 2.70. The maximum absolute atomic E-state index is 14.7. The Bertz CT molecular complexity index is 902. The third kappa shape index (κ3) is 3.95. The number of carbonyl (C=O) groups is 1. The van der Waals surface area contributed by atoms with Crippen molar-refractivity contribution >= 4 is 23.2 Å². The number of nitrogens with zero attached hydrogens (tertiary/aromatic N) is 1. The molecule has 1 aromatic heterocycles. The van der Waals surface area contributed by atoms with Crippen LogP contribution in [0.15, 0.2) is 24.4 Å². The Balaban J connectivity index is 1.87. The second-order valence-electron chi connectivity index (χ2n) is 7.15. The van der Waals surface area contributed by atoms with E-state index in [-0.39, 0.29) is 33.4 Å². The van der Waals surface area contributed by atoms with Crippen molar-refractivity contribution in [2.45, 2.75) is 45.1 Å². The highest BCUT2D eigenvalue weighted by Gasteiger charge is 2.28. The van der Waals surface area contributed by atoms with Gasteiger partial charge >= 0.3 is 0 Å². The molecular weight excluding hydrogens is 388 g/mol. The number of benzene rings is 1. The number of amides is 1. The first-order chi connectivity index (χ1) is 13.3. The fraction of sp³-hybridized carbons (Fsp3) is 0.400. The van der Waals surface area contributed by atoms with Crippen LogP contribution in [0.4, 0.5) is 14.5 Å². The van der Waals surface area contributed by atoms with Crippen LogP contribution in [-0.2, 0) is 4.79 Å². The SMILES string of the molecule is Cc1c(-c2ccc(NC(=O)[C@@H](N)C3CCCCC3)c(F)c2F)c(Cl)cc[n+]1[O-]. The van der Waals surface area contributed by atoms with Crippen molar-refractivity contribution in [1.29, 1.82) is 0 Å². The summed E-state index contributed by atoms with van der Waals surface area (Å²) in [5, 5.41) is 14.3. The molecule has 1 fully saturated rings. The smallest absolute Gasteiger partial charge is 0.241 e. The highest BCUT2D eigenvalue weighted by atomic mass is 35.5. The van der Waals surface area contributed by atoms with E-state index in [0.717, 1.165) is 32.1 Å². The first kappa shape index (κ1) is 20.5. The molecule has 150 valence electrons. The normalized spacial score (nSPS) is 16.0. The molecule has 1 aliphatic carbocycles. The molecule has 0 spiro atoms. The molecule has 1 aromatic carbocycles. The number of hydrogen-bond donors (Lipinski definition) is 2. The van der Waals surface area contributed by atoms with Crippen LogP contribution in [0.5, 0.6) is 0 Å². The molecule has 1 saturated carbocycles. The third-order valence-electron chi connectivity index (χ3n) is 5.36. The van der Waals surface area contributed by atoms with Crippen molar-refractivity contribution in [3.05, 3.63) is 52.0 Å². The molecule has 2 aromatic rings. The molecular formula is C20H22ClF2N3O2. The van der Waals surface area contributed by atoms with E-state index in [4.69, 9.17) is 17.3 Å². The lowest BCUT2D eigenvalue weighted by Gasteiger charge is -2.26. The lowest BCUT2D eigenvalue weighted by molar-refractivity contribution is -0.611. The van der Waals surface area contributed by atoms with Gasteiger partial charge in [-0.25, -0.2) is 8.78 Å². The summed E-state index contributed by atoms with van der Waals surface area (Å²) in [6.45, 7) is 1.46. The Labute approximate surface area is 167 Å². The Morgan fingerprint density at radius 2 is 1.93 bits per heavy atom. The van der Waals surface area contributed by atoms with Crippen LogP contribution in [-0.4, -0.2) is 11.9 Å². The quantitative estimate of drug-likeness (QED) is 0.589. The fourth-order valence-corrected chi connectivity index (χ4v) is 3.99. The van der Waals surface area contributed by atoms with Gasteiger partial charge in [0.2, 0.25) is 5.91 Å². The van der Waals surface area contributed by atoms with Crippen LogP contribution < -0.4 is 15.8 Å². The molecule has 1 amide bonds. The van der Waals surface area contributed by atoms with Gasteiger partial charge in [0, 0.05) is 18.6 Å². The zero-order valence-electron chi connectivity index (χ0n) is 15.5. The second kappa shape index (κ2) is 8.41. The number of pyridine rings is 1. The highest BCUT2D eigenvalue weighted by molar-refractivity contribution is 6.33. The van der Waals surface area contributed by atoms with Crippen LogP contribution >= 0.6 is 11.6 Å². The van der Waals surface area contributed by atoms with Crippen LogP contribution in [0.2, 0.25) is 5.02 Å². The summed E-state index contributed by atoms with van der Waals surface area (Å²) < 4.78 is 29.9. The largest absolute Gasteiger partial charge is 0.618 e. The number of hydrogen-bond acceptors (Lipinski definition) is 3. The van der Waals surface area contributed by atoms with E-state index in [1.165, 1.54) is 31.3 Å². The van der Waals surface area contributed by atoms with Gasteiger partial charge < -0.3 is 16.3 Å². The van der Waals surface area contributed by atoms with Crippen LogP contribution in [0.25, 0.3) is 11.1 Å². The lowest BCUT2D eigenvalue weighted by atomic mass is 9.84. The zero-order valence-corrected chi connectivity index (χ0v) is 16.2. The number of rotatable bonds is 4. The minimum Gasteiger partial charge on any atom is -0.618 e. The van der Waals surface area contributed by atoms with Crippen LogP contribution in [0.1, 0.15) is 37.8 Å². The van der Waals surface area contributed by atoms with Crippen molar-refractivity contribution in [3.63, 3.8) is 0 Å². The van der Waals surface area contributed by atoms with E-state index >= 15 is 0 Å². The summed E-state index contributed by atoms with van der Waals surface area (Å²) >= 11 is 6.08. The molecule has 0 radical (unpaired) electrons. The molecule has 0 aliphatic heterocycles. The molecule has 3 N–H and O–H groups in total. The Kier molecular flexibility index (Phi) is 6.15. The van der Waals surface area contributed by atoms with E-state index in [1.807, 2.05) is 0 Å². The van der Waals surface area contributed by atoms with Crippen molar-refractivity contribution in [3.8, 4) is 11.1 Å². The number of halogens is 3. The van der Waals surface area contributed by atoms with Crippen molar-refractivity contribution in [2.24, 2.45) is 11.7 Å². The van der Waals surface area contributed by atoms with Gasteiger partial charge in [-0.2, -0.15) is 4.73 Å². The van der Waals surface area contributed by atoms with Gasteiger partial charge in [0.05, 0.1) is 22.3 Å². The predicted molar refractivity (Wildman–Crippen MR) is 104 cm³/mol. The van der Waals surface area contributed by atoms with E-state index in [0.29, 0.717) is 4.73 Å². The van der Waals surface area contributed by atoms with E-state index < -0.39 is 23.6 Å². The number of anilines is 1. The topological polar surface area (TPSA) is 82.1 Å². The molecule has 0 saturated heterocycles. The standard InChI is InChI=1S/C20H22ClF2N3O2/c1-11-16(14(21)9-10-26(11)28)13-7-8-15(18(23)17(13)22)25-20(27)19(24)12-5-3-2-4-6-12/h7-10,12,19H,2-6,24H2,1H3,(H,25,27)/t19-/m0/s1. The summed E-state index contributed by atoms with van der Waals surface area (Å²) in [7, 11) is 0. The Morgan fingerprint density at radius 1 is 1.25 bits per heavy atom. The van der Waals surface area contributed by atoms with E-state index in [2.05, 4.69) is 5.32 Å².